The maximum absolute atomic E-state index is 14.5. The van der Waals surface area contributed by atoms with Gasteiger partial charge in [0.15, 0.2) is 17.3 Å². The third-order valence-electron chi connectivity index (χ3n) is 10.1. The summed E-state index contributed by atoms with van der Waals surface area (Å²) >= 11 is 0. The van der Waals surface area contributed by atoms with Crippen LogP contribution >= 0.6 is 0 Å². The van der Waals surface area contributed by atoms with Gasteiger partial charge in [-0.1, -0.05) is 61.4 Å². The zero-order chi connectivity index (χ0) is 28.7. The van der Waals surface area contributed by atoms with E-state index in [2.05, 4.69) is 19.9 Å². The number of hydrogen-bond acceptors (Lipinski definition) is 4. The first kappa shape index (κ1) is 27.2. The summed E-state index contributed by atoms with van der Waals surface area (Å²) in [6.07, 6.45) is 2.46. The van der Waals surface area contributed by atoms with E-state index in [9.17, 15) is 19.2 Å². The molecular weight excluding hydrogens is 484 g/mol. The number of aryl methyl sites for hydroxylation is 1. The second kappa shape index (κ2) is 8.81. The van der Waals surface area contributed by atoms with Crippen molar-refractivity contribution in [2.45, 2.75) is 81.1 Å². The summed E-state index contributed by atoms with van der Waals surface area (Å²) in [4.78, 5) is 52.6. The average Bonchev–Trinajstić information content (AvgIpc) is 2.81. The molecule has 0 bridgehead atoms. The molecule has 0 N–H and O–H groups in total. The molecule has 0 amide bonds. The van der Waals surface area contributed by atoms with Crippen molar-refractivity contribution in [2.24, 2.45) is 16.2 Å². The monoisotopic (exact) mass is 522 g/mol. The number of rotatable bonds is 4. The van der Waals surface area contributed by atoms with E-state index < -0.39 is 16.2 Å². The van der Waals surface area contributed by atoms with Crippen molar-refractivity contribution >= 4 is 23.1 Å². The Morgan fingerprint density at radius 1 is 0.872 bits per heavy atom. The fourth-order valence-electron chi connectivity index (χ4n) is 8.28. The number of carbonyl (C=O) groups excluding carboxylic acids is 4. The molecule has 5 rings (SSSR count). The maximum Gasteiger partial charge on any atom is 0.190 e. The Kier molecular flexibility index (Phi) is 6.14. The lowest BCUT2D eigenvalue weighted by molar-refractivity contribution is -0.134. The third kappa shape index (κ3) is 3.78. The number of allylic oxidation sites excluding steroid dienone is 4. The summed E-state index contributed by atoms with van der Waals surface area (Å²) in [5.74, 6) is -0.191. The quantitative estimate of drug-likeness (QED) is 0.400. The molecule has 0 spiro atoms. The van der Waals surface area contributed by atoms with Gasteiger partial charge in [0, 0.05) is 23.0 Å². The Labute approximate surface area is 231 Å². The molecule has 0 saturated carbocycles. The van der Waals surface area contributed by atoms with Gasteiger partial charge in [-0.25, -0.2) is 0 Å². The summed E-state index contributed by atoms with van der Waals surface area (Å²) in [5, 5.41) is 0. The van der Waals surface area contributed by atoms with E-state index in [1.54, 1.807) is 6.92 Å². The lowest BCUT2D eigenvalue weighted by Crippen LogP contribution is -2.57. The van der Waals surface area contributed by atoms with Gasteiger partial charge in [-0.05, 0) is 94.0 Å². The number of carbonyl (C=O) groups is 4. The Balaban J connectivity index is 1.70. The molecule has 0 aromatic heterocycles. The molecule has 4 heteroatoms. The van der Waals surface area contributed by atoms with Gasteiger partial charge in [-0.15, -0.1) is 0 Å². The summed E-state index contributed by atoms with van der Waals surface area (Å²) in [5.41, 5.74) is 6.78. The van der Waals surface area contributed by atoms with E-state index in [0.29, 0.717) is 31.3 Å². The predicted octanol–water partition coefficient (Wildman–Crippen LogP) is 7.15. The summed E-state index contributed by atoms with van der Waals surface area (Å²) < 4.78 is 0. The highest BCUT2D eigenvalue weighted by atomic mass is 16.2. The first-order valence-electron chi connectivity index (χ1n) is 13.9. The second-order valence-electron chi connectivity index (χ2n) is 13.0. The first-order valence-corrected chi connectivity index (χ1v) is 13.9. The predicted molar refractivity (Wildman–Crippen MR) is 154 cm³/mol. The minimum atomic E-state index is -0.909. The molecule has 202 valence electrons. The molecule has 0 aliphatic heterocycles. The number of fused-ring (bicyclic) bond motifs is 3. The smallest absolute Gasteiger partial charge is 0.190 e. The molecule has 3 aliphatic rings. The van der Waals surface area contributed by atoms with Crippen molar-refractivity contribution < 1.29 is 19.2 Å². The van der Waals surface area contributed by atoms with E-state index in [-0.39, 0.29) is 23.1 Å². The molecule has 0 radical (unpaired) electrons. The summed E-state index contributed by atoms with van der Waals surface area (Å²) in [6, 6.07) is 12.2. The zero-order valence-electron chi connectivity index (χ0n) is 24.4. The molecule has 0 heterocycles. The van der Waals surface area contributed by atoms with E-state index in [1.807, 2.05) is 58.0 Å². The van der Waals surface area contributed by atoms with Crippen LogP contribution in [-0.2, 0) is 27.2 Å². The van der Waals surface area contributed by atoms with Crippen LogP contribution in [0.4, 0.5) is 0 Å². The van der Waals surface area contributed by atoms with Gasteiger partial charge in [0.1, 0.15) is 5.78 Å². The van der Waals surface area contributed by atoms with E-state index in [1.165, 1.54) is 6.92 Å². The fraction of sp³-hybridized carbons (Fsp3) is 0.429. The lowest BCUT2D eigenvalue weighted by Gasteiger charge is -2.59. The summed E-state index contributed by atoms with van der Waals surface area (Å²) in [6.45, 7) is 15.2. The van der Waals surface area contributed by atoms with Crippen LogP contribution in [0.15, 0.2) is 58.7 Å². The van der Waals surface area contributed by atoms with Gasteiger partial charge in [-0.2, -0.15) is 0 Å². The largest absolute Gasteiger partial charge is 0.300 e. The Morgan fingerprint density at radius 2 is 1.51 bits per heavy atom. The molecule has 4 nitrogen and oxygen atoms in total. The van der Waals surface area contributed by atoms with Crippen LogP contribution in [0.3, 0.4) is 0 Å². The SMILES string of the molecule is CC(=O)Cc1ccc(-c2ccc(C)c3c2CC2(C)CC4(C)CC(C)=C(C(C)=O)C(=O)C4(C)C(C)=C2C3=O)cc1. The second-order valence-corrected chi connectivity index (χ2v) is 13.0. The van der Waals surface area contributed by atoms with E-state index in [4.69, 9.17) is 0 Å². The Hall–Kier alpha value is -3.40. The fourth-order valence-corrected chi connectivity index (χ4v) is 8.28. The Bertz CT molecular complexity index is 1550. The van der Waals surface area contributed by atoms with Crippen LogP contribution in [-0.4, -0.2) is 23.1 Å². The number of hydrogen-bond donors (Lipinski definition) is 0. The molecule has 2 aromatic rings. The number of Topliss-reactive ketones (excluding diaryl/α,β-unsaturated/α-hetero) is 4. The first-order chi connectivity index (χ1) is 18.1. The van der Waals surface area contributed by atoms with Crippen molar-refractivity contribution in [2.75, 3.05) is 0 Å². The van der Waals surface area contributed by atoms with Crippen molar-refractivity contribution in [3.8, 4) is 11.1 Å². The highest BCUT2D eigenvalue weighted by molar-refractivity contribution is 6.24. The van der Waals surface area contributed by atoms with Crippen molar-refractivity contribution in [1.29, 1.82) is 0 Å². The third-order valence-corrected chi connectivity index (χ3v) is 10.1. The Morgan fingerprint density at radius 3 is 2.10 bits per heavy atom. The molecule has 3 atom stereocenters. The van der Waals surface area contributed by atoms with Crippen LogP contribution in [0.2, 0.25) is 0 Å². The van der Waals surface area contributed by atoms with E-state index in [0.717, 1.165) is 50.1 Å². The van der Waals surface area contributed by atoms with Crippen LogP contribution in [0.25, 0.3) is 11.1 Å². The van der Waals surface area contributed by atoms with Crippen LogP contribution in [0, 0.1) is 23.2 Å². The minimum absolute atomic E-state index is 0.00975. The normalized spacial score (nSPS) is 28.2. The molecule has 0 saturated heterocycles. The van der Waals surface area contributed by atoms with Gasteiger partial charge in [0.05, 0.1) is 11.0 Å². The van der Waals surface area contributed by atoms with Crippen molar-refractivity contribution in [3.63, 3.8) is 0 Å². The van der Waals surface area contributed by atoms with Crippen LogP contribution in [0.5, 0.6) is 0 Å². The van der Waals surface area contributed by atoms with Crippen LogP contribution < -0.4 is 0 Å². The molecular formula is C35H38O4. The highest BCUT2D eigenvalue weighted by Gasteiger charge is 2.63. The summed E-state index contributed by atoms with van der Waals surface area (Å²) in [7, 11) is 0. The zero-order valence-corrected chi connectivity index (χ0v) is 24.4. The molecule has 39 heavy (non-hydrogen) atoms. The molecule has 3 aliphatic carbocycles. The van der Waals surface area contributed by atoms with Gasteiger partial charge >= 0.3 is 0 Å². The lowest BCUT2D eigenvalue weighted by atomic mass is 9.42. The van der Waals surface area contributed by atoms with Crippen molar-refractivity contribution in [1.82, 2.24) is 0 Å². The number of ketones is 4. The van der Waals surface area contributed by atoms with Gasteiger partial charge in [-0.3, -0.25) is 19.2 Å². The van der Waals surface area contributed by atoms with Crippen molar-refractivity contribution in [3.05, 3.63) is 80.9 Å². The topological polar surface area (TPSA) is 68.3 Å². The van der Waals surface area contributed by atoms with E-state index >= 15 is 0 Å². The molecule has 3 unspecified atom stereocenters. The van der Waals surface area contributed by atoms with Gasteiger partial charge in [0.25, 0.3) is 0 Å². The standard InChI is InChI=1S/C35H38O4/c1-19-9-14-26(25-12-10-24(11-13-25)15-21(3)36)27-17-33(6)18-34(7)16-20(2)28(23(5)37)32(39)35(34,8)22(4)30(33)31(38)29(19)27/h9-14H,15-18H2,1-8H3. The maximum atomic E-state index is 14.5. The molecule has 2 aromatic carbocycles. The van der Waals surface area contributed by atoms with Gasteiger partial charge < -0.3 is 0 Å². The minimum Gasteiger partial charge on any atom is -0.300 e. The molecule has 0 fully saturated rings. The average molecular weight is 523 g/mol. The van der Waals surface area contributed by atoms with Crippen LogP contribution in [0.1, 0.15) is 88.4 Å². The number of benzene rings is 2. The highest BCUT2D eigenvalue weighted by Crippen LogP contribution is 2.66. The van der Waals surface area contributed by atoms with Gasteiger partial charge in [0.2, 0.25) is 0 Å².